The van der Waals surface area contributed by atoms with Crippen LogP contribution in [0.3, 0.4) is 0 Å². The number of carbonyl (C=O) groups is 1. The second-order valence-corrected chi connectivity index (χ2v) is 12.3. The highest BCUT2D eigenvalue weighted by Crippen LogP contribution is 2.15. The minimum atomic E-state index is -0.688. The van der Waals surface area contributed by atoms with Crippen LogP contribution >= 0.6 is 0 Å². The van der Waals surface area contributed by atoms with Gasteiger partial charge in [-0.15, -0.1) is 0 Å². The van der Waals surface area contributed by atoms with Crippen LogP contribution < -0.4 is 5.32 Å². The average Bonchev–Trinajstić information content (AvgIpc) is 3.01. The van der Waals surface area contributed by atoms with Crippen molar-refractivity contribution in [1.29, 1.82) is 0 Å². The van der Waals surface area contributed by atoms with Crippen molar-refractivity contribution < 1.29 is 15.0 Å². The van der Waals surface area contributed by atoms with Crippen molar-refractivity contribution in [2.45, 2.75) is 187 Å². The third-order valence-electron chi connectivity index (χ3n) is 8.12. The summed E-state index contributed by atoms with van der Waals surface area (Å²) >= 11 is 0. The molecule has 4 nitrogen and oxygen atoms in total. The predicted octanol–water partition coefficient (Wildman–Crippen LogP) is 10.8. The molecule has 0 aromatic carbocycles. The molecule has 2 unspecified atom stereocenters. The van der Waals surface area contributed by atoms with Crippen LogP contribution in [0.1, 0.15) is 174 Å². The minimum Gasteiger partial charge on any atom is -0.394 e. The number of aliphatic hydroxyl groups excluding tert-OH is 2. The first-order valence-electron chi connectivity index (χ1n) is 18.3. The largest absolute Gasteiger partial charge is 0.394 e. The Morgan fingerprint density at radius 3 is 1.40 bits per heavy atom. The summed E-state index contributed by atoms with van der Waals surface area (Å²) in [4.78, 5) is 12.3. The normalized spacial score (nSPS) is 13.7. The van der Waals surface area contributed by atoms with Crippen molar-refractivity contribution in [3.8, 4) is 0 Å². The lowest BCUT2D eigenvalue weighted by molar-refractivity contribution is -0.123. The van der Waals surface area contributed by atoms with Crippen molar-refractivity contribution in [2.75, 3.05) is 6.61 Å². The van der Waals surface area contributed by atoms with E-state index in [4.69, 9.17) is 0 Å². The van der Waals surface area contributed by atoms with Crippen LogP contribution in [0.4, 0.5) is 0 Å². The van der Waals surface area contributed by atoms with E-state index in [1.54, 1.807) is 0 Å². The Labute approximate surface area is 267 Å². The van der Waals surface area contributed by atoms with Crippen LogP contribution in [0, 0.1) is 0 Å². The standard InChI is InChI=1S/C39H71NO3/c1-3-5-7-9-11-13-15-17-18-19-20-21-23-24-26-28-30-32-34-38(42)37(36-41)40-39(43)35-33-31-29-27-25-22-16-14-12-10-8-6-4-2/h6,8,12,14,22,25,29,31,37-38,41-42H,3-5,7,9-11,13,15-21,23-24,26-28,30,32-36H2,1-2H3,(H,40,43)/b8-6-,14-12-,25-22-,31-29-. The molecular formula is C39H71NO3. The van der Waals surface area contributed by atoms with Crippen molar-refractivity contribution >= 4 is 5.91 Å². The highest BCUT2D eigenvalue weighted by Gasteiger charge is 2.19. The molecule has 250 valence electrons. The van der Waals surface area contributed by atoms with E-state index in [-0.39, 0.29) is 12.5 Å². The van der Waals surface area contributed by atoms with E-state index in [0.29, 0.717) is 19.3 Å². The summed E-state index contributed by atoms with van der Waals surface area (Å²) in [5.74, 6) is -0.113. The van der Waals surface area contributed by atoms with Gasteiger partial charge >= 0.3 is 0 Å². The van der Waals surface area contributed by atoms with E-state index in [0.717, 1.165) is 38.5 Å². The Balaban J connectivity index is 3.64. The van der Waals surface area contributed by atoms with E-state index < -0.39 is 12.1 Å². The van der Waals surface area contributed by atoms with Gasteiger partial charge in [0.05, 0.1) is 18.8 Å². The molecule has 0 fully saturated rings. The Kier molecular flexibility index (Phi) is 33.5. The SMILES string of the molecule is CC/C=C\C/C=C\C/C=C\C/C=C\CCC(=O)NC(CO)C(O)CCCCCCCCCCCCCCCCCCCC. The van der Waals surface area contributed by atoms with Gasteiger partial charge in [0.25, 0.3) is 0 Å². The Bertz CT molecular complexity index is 697. The van der Waals surface area contributed by atoms with E-state index in [2.05, 4.69) is 61.7 Å². The molecule has 2 atom stereocenters. The van der Waals surface area contributed by atoms with E-state index in [1.165, 1.54) is 103 Å². The molecule has 4 heteroatoms. The molecule has 0 saturated carbocycles. The molecule has 0 aliphatic rings. The first-order valence-corrected chi connectivity index (χ1v) is 18.3. The van der Waals surface area contributed by atoms with Gasteiger partial charge in [-0.1, -0.05) is 178 Å². The number of unbranched alkanes of at least 4 members (excludes halogenated alkanes) is 17. The maximum Gasteiger partial charge on any atom is 0.220 e. The highest BCUT2D eigenvalue weighted by atomic mass is 16.3. The molecule has 0 rings (SSSR count). The first-order chi connectivity index (χ1) is 21.2. The third-order valence-corrected chi connectivity index (χ3v) is 8.12. The summed E-state index contributed by atoms with van der Waals surface area (Å²) in [6.45, 7) is 4.20. The fraction of sp³-hybridized carbons (Fsp3) is 0.769. The van der Waals surface area contributed by atoms with Crippen LogP contribution in [0.25, 0.3) is 0 Å². The van der Waals surface area contributed by atoms with Crippen molar-refractivity contribution in [3.63, 3.8) is 0 Å². The van der Waals surface area contributed by atoms with Crippen molar-refractivity contribution in [2.24, 2.45) is 0 Å². The van der Waals surface area contributed by atoms with Gasteiger partial charge in [-0.2, -0.15) is 0 Å². The summed E-state index contributed by atoms with van der Waals surface area (Å²) in [6, 6.07) is -0.573. The minimum absolute atomic E-state index is 0.113. The second kappa shape index (κ2) is 34.8. The molecule has 0 spiro atoms. The summed E-state index contributed by atoms with van der Waals surface area (Å²) in [5.41, 5.74) is 0. The third kappa shape index (κ3) is 31.6. The van der Waals surface area contributed by atoms with Crippen molar-refractivity contribution in [1.82, 2.24) is 5.32 Å². The molecule has 0 aromatic heterocycles. The van der Waals surface area contributed by atoms with Gasteiger partial charge in [-0.3, -0.25) is 4.79 Å². The molecule has 0 saturated heterocycles. The van der Waals surface area contributed by atoms with Crippen LogP contribution in [-0.2, 0) is 4.79 Å². The Hall–Kier alpha value is -1.65. The smallest absolute Gasteiger partial charge is 0.220 e. The number of carbonyl (C=O) groups excluding carboxylic acids is 1. The number of amides is 1. The van der Waals surface area contributed by atoms with E-state index >= 15 is 0 Å². The number of hydrogen-bond acceptors (Lipinski definition) is 3. The van der Waals surface area contributed by atoms with Gasteiger partial charge in [0, 0.05) is 6.42 Å². The molecule has 0 bridgehead atoms. The predicted molar refractivity (Wildman–Crippen MR) is 188 cm³/mol. The number of aliphatic hydroxyl groups is 2. The van der Waals surface area contributed by atoms with Gasteiger partial charge < -0.3 is 15.5 Å². The van der Waals surface area contributed by atoms with Gasteiger partial charge in [-0.25, -0.2) is 0 Å². The summed E-state index contributed by atoms with van der Waals surface area (Å²) in [6.07, 6.45) is 46.1. The summed E-state index contributed by atoms with van der Waals surface area (Å²) < 4.78 is 0. The maximum absolute atomic E-state index is 12.3. The van der Waals surface area contributed by atoms with Gasteiger partial charge in [0.1, 0.15) is 0 Å². The molecule has 0 aromatic rings. The topological polar surface area (TPSA) is 69.6 Å². The Morgan fingerprint density at radius 1 is 0.581 bits per heavy atom. The zero-order chi connectivity index (χ0) is 31.5. The van der Waals surface area contributed by atoms with Gasteiger partial charge in [0.2, 0.25) is 5.91 Å². The first kappa shape index (κ1) is 41.4. The molecule has 0 aliphatic heterocycles. The Morgan fingerprint density at radius 2 is 0.977 bits per heavy atom. The van der Waals surface area contributed by atoms with E-state index in [1.807, 2.05) is 6.08 Å². The monoisotopic (exact) mass is 602 g/mol. The number of rotatable bonds is 32. The number of nitrogens with one attached hydrogen (secondary N) is 1. The zero-order valence-corrected chi connectivity index (χ0v) is 28.5. The summed E-state index contributed by atoms with van der Waals surface area (Å²) in [5, 5.41) is 23.0. The molecule has 0 radical (unpaired) electrons. The average molecular weight is 602 g/mol. The molecule has 3 N–H and O–H groups in total. The van der Waals surface area contributed by atoms with Crippen LogP contribution in [0.5, 0.6) is 0 Å². The number of allylic oxidation sites excluding steroid dienone is 8. The molecule has 43 heavy (non-hydrogen) atoms. The zero-order valence-electron chi connectivity index (χ0n) is 28.5. The van der Waals surface area contributed by atoms with Gasteiger partial charge in [-0.05, 0) is 38.5 Å². The second-order valence-electron chi connectivity index (χ2n) is 12.3. The molecule has 0 aliphatic carbocycles. The highest BCUT2D eigenvalue weighted by molar-refractivity contribution is 5.76. The molecule has 1 amide bonds. The fourth-order valence-corrected chi connectivity index (χ4v) is 5.31. The number of hydrogen-bond donors (Lipinski definition) is 3. The van der Waals surface area contributed by atoms with Crippen LogP contribution in [0.2, 0.25) is 0 Å². The molecule has 0 heterocycles. The van der Waals surface area contributed by atoms with E-state index in [9.17, 15) is 15.0 Å². The van der Waals surface area contributed by atoms with Gasteiger partial charge in [0.15, 0.2) is 0 Å². The lowest BCUT2D eigenvalue weighted by Crippen LogP contribution is -2.45. The fourth-order valence-electron chi connectivity index (χ4n) is 5.31. The lowest BCUT2D eigenvalue weighted by atomic mass is 10.0. The quantitative estimate of drug-likeness (QED) is 0.0530. The summed E-state index contributed by atoms with van der Waals surface area (Å²) in [7, 11) is 0. The maximum atomic E-state index is 12.3. The lowest BCUT2D eigenvalue weighted by Gasteiger charge is -2.22. The molecular weight excluding hydrogens is 530 g/mol. The van der Waals surface area contributed by atoms with Crippen LogP contribution in [0.15, 0.2) is 48.6 Å². The van der Waals surface area contributed by atoms with Crippen molar-refractivity contribution in [3.05, 3.63) is 48.6 Å². The van der Waals surface area contributed by atoms with Crippen LogP contribution in [-0.4, -0.2) is 34.9 Å².